The first kappa shape index (κ1) is 10.4. The molecule has 0 unspecified atom stereocenters. The molecule has 1 amide bonds. The van der Waals surface area contributed by atoms with Crippen molar-refractivity contribution >= 4 is 5.91 Å². The number of hydrogen-bond donors (Lipinski definition) is 3. The predicted molar refractivity (Wildman–Crippen MR) is 40.7 cm³/mol. The Labute approximate surface area is 66.0 Å². The summed E-state index contributed by atoms with van der Waals surface area (Å²) in [5.74, 6) is -0.557. The summed E-state index contributed by atoms with van der Waals surface area (Å²) >= 11 is 0. The average Bonchev–Trinajstić information content (AvgIpc) is 1.88. The summed E-state index contributed by atoms with van der Waals surface area (Å²) in [6, 6.07) is 0. The number of rotatable bonds is 4. The van der Waals surface area contributed by atoms with E-state index in [0.717, 1.165) is 0 Å². The Bertz CT molecular complexity index is 145. The molecule has 0 aromatic rings. The molecule has 0 spiro atoms. The van der Waals surface area contributed by atoms with Crippen LogP contribution in [0.2, 0.25) is 0 Å². The largest absolute Gasteiger partial charge is 0.396 e. The number of carbonyl (C=O) groups excluding carboxylic acids is 1. The SMILES string of the molecule is CC(C)(C(N)=O)[C@@H](O)CCO. The molecule has 0 rings (SSSR count). The second kappa shape index (κ2) is 3.69. The van der Waals surface area contributed by atoms with Gasteiger partial charge < -0.3 is 15.9 Å². The summed E-state index contributed by atoms with van der Waals surface area (Å²) in [6.07, 6.45) is -0.694. The van der Waals surface area contributed by atoms with Gasteiger partial charge in [0.2, 0.25) is 5.91 Å². The highest BCUT2D eigenvalue weighted by Crippen LogP contribution is 2.21. The fourth-order valence-electron chi connectivity index (χ4n) is 0.647. The zero-order valence-corrected chi connectivity index (χ0v) is 6.87. The molecule has 0 bridgehead atoms. The van der Waals surface area contributed by atoms with Crippen LogP contribution in [0.25, 0.3) is 0 Å². The van der Waals surface area contributed by atoms with Gasteiger partial charge in [-0.2, -0.15) is 0 Å². The highest BCUT2D eigenvalue weighted by Gasteiger charge is 2.33. The molecule has 66 valence electrons. The third-order valence-corrected chi connectivity index (χ3v) is 1.87. The third kappa shape index (κ3) is 2.48. The second-order valence-electron chi connectivity index (χ2n) is 3.11. The van der Waals surface area contributed by atoms with Gasteiger partial charge in [-0.15, -0.1) is 0 Å². The topological polar surface area (TPSA) is 83.6 Å². The van der Waals surface area contributed by atoms with Gasteiger partial charge in [-0.05, 0) is 20.3 Å². The van der Waals surface area contributed by atoms with Crippen molar-refractivity contribution in [2.45, 2.75) is 26.4 Å². The van der Waals surface area contributed by atoms with Gasteiger partial charge in [-0.1, -0.05) is 0 Å². The minimum atomic E-state index is -0.956. The molecule has 0 radical (unpaired) electrons. The Hall–Kier alpha value is -0.610. The normalized spacial score (nSPS) is 14.5. The van der Waals surface area contributed by atoms with E-state index in [1.54, 1.807) is 13.8 Å². The van der Waals surface area contributed by atoms with E-state index in [-0.39, 0.29) is 13.0 Å². The van der Waals surface area contributed by atoms with Crippen LogP contribution < -0.4 is 5.73 Å². The minimum absolute atomic E-state index is 0.141. The van der Waals surface area contributed by atoms with Gasteiger partial charge in [0, 0.05) is 6.61 Å². The molecular formula is C7H15NO3. The van der Waals surface area contributed by atoms with Gasteiger partial charge in [0.15, 0.2) is 0 Å². The molecule has 0 aliphatic heterocycles. The number of primary amides is 1. The van der Waals surface area contributed by atoms with Gasteiger partial charge in [0.1, 0.15) is 0 Å². The number of hydrogen-bond acceptors (Lipinski definition) is 3. The van der Waals surface area contributed by atoms with Crippen molar-refractivity contribution in [3.63, 3.8) is 0 Å². The summed E-state index contributed by atoms with van der Waals surface area (Å²) in [7, 11) is 0. The lowest BCUT2D eigenvalue weighted by Crippen LogP contribution is -2.42. The summed E-state index contributed by atoms with van der Waals surface area (Å²) in [6.45, 7) is 2.96. The lowest BCUT2D eigenvalue weighted by molar-refractivity contribution is -0.132. The van der Waals surface area contributed by atoms with Crippen molar-refractivity contribution in [3.8, 4) is 0 Å². The van der Waals surface area contributed by atoms with E-state index in [9.17, 15) is 9.90 Å². The van der Waals surface area contributed by atoms with Gasteiger partial charge in [0.05, 0.1) is 11.5 Å². The molecule has 1 atom stereocenters. The zero-order chi connectivity index (χ0) is 9.07. The fourth-order valence-corrected chi connectivity index (χ4v) is 0.647. The highest BCUT2D eigenvalue weighted by atomic mass is 16.3. The van der Waals surface area contributed by atoms with Crippen LogP contribution in [0.15, 0.2) is 0 Å². The van der Waals surface area contributed by atoms with E-state index in [2.05, 4.69) is 0 Å². The molecule has 0 heterocycles. The quantitative estimate of drug-likeness (QED) is 0.507. The average molecular weight is 161 g/mol. The molecule has 4 N–H and O–H groups in total. The van der Waals surface area contributed by atoms with Crippen LogP contribution in [0.3, 0.4) is 0 Å². The maximum absolute atomic E-state index is 10.7. The summed E-state index contributed by atoms with van der Waals surface area (Å²) in [5, 5.41) is 17.8. The Morgan fingerprint density at radius 1 is 1.64 bits per heavy atom. The molecule has 0 saturated heterocycles. The Balaban J connectivity index is 4.17. The summed E-state index contributed by atoms with van der Waals surface area (Å²) in [4.78, 5) is 10.7. The Morgan fingerprint density at radius 2 is 2.09 bits per heavy atom. The van der Waals surface area contributed by atoms with Gasteiger partial charge in [0.25, 0.3) is 0 Å². The van der Waals surface area contributed by atoms with Crippen LogP contribution in [0.5, 0.6) is 0 Å². The van der Waals surface area contributed by atoms with Crippen LogP contribution in [0.4, 0.5) is 0 Å². The first-order chi connectivity index (χ1) is 4.92. The number of aliphatic hydroxyl groups is 2. The molecule has 11 heavy (non-hydrogen) atoms. The number of carbonyl (C=O) groups is 1. The molecule has 0 fully saturated rings. The van der Waals surface area contributed by atoms with Crippen molar-refractivity contribution in [3.05, 3.63) is 0 Å². The molecule has 0 aromatic heterocycles. The van der Waals surface area contributed by atoms with E-state index < -0.39 is 17.4 Å². The molecule has 4 heteroatoms. The lowest BCUT2D eigenvalue weighted by atomic mass is 9.84. The molecule has 0 aliphatic carbocycles. The van der Waals surface area contributed by atoms with Gasteiger partial charge >= 0.3 is 0 Å². The summed E-state index contributed by atoms with van der Waals surface area (Å²) < 4.78 is 0. The number of nitrogens with two attached hydrogens (primary N) is 1. The van der Waals surface area contributed by atoms with Crippen LogP contribution >= 0.6 is 0 Å². The Kier molecular flexibility index (Phi) is 3.48. The monoisotopic (exact) mass is 161 g/mol. The predicted octanol–water partition coefficient (Wildman–Crippen LogP) is -0.759. The lowest BCUT2D eigenvalue weighted by Gasteiger charge is -2.26. The first-order valence-corrected chi connectivity index (χ1v) is 3.51. The highest BCUT2D eigenvalue weighted by molar-refractivity contribution is 5.80. The maximum atomic E-state index is 10.7. The number of aliphatic hydroxyl groups excluding tert-OH is 2. The molecule has 0 aliphatic rings. The van der Waals surface area contributed by atoms with Crippen molar-refractivity contribution in [2.75, 3.05) is 6.61 Å². The van der Waals surface area contributed by atoms with Crippen LogP contribution in [-0.2, 0) is 4.79 Å². The van der Waals surface area contributed by atoms with Crippen molar-refractivity contribution in [2.24, 2.45) is 11.1 Å². The second-order valence-corrected chi connectivity index (χ2v) is 3.11. The Morgan fingerprint density at radius 3 is 2.36 bits per heavy atom. The van der Waals surface area contributed by atoms with Crippen LogP contribution in [-0.4, -0.2) is 28.8 Å². The first-order valence-electron chi connectivity index (χ1n) is 3.51. The van der Waals surface area contributed by atoms with Crippen molar-refractivity contribution < 1.29 is 15.0 Å². The van der Waals surface area contributed by atoms with E-state index >= 15 is 0 Å². The van der Waals surface area contributed by atoms with E-state index in [1.165, 1.54) is 0 Å². The standard InChI is InChI=1S/C7H15NO3/c1-7(2,6(8)11)5(10)3-4-9/h5,9-10H,3-4H2,1-2H3,(H2,8,11)/t5-/m0/s1. The molecule has 0 saturated carbocycles. The van der Waals surface area contributed by atoms with Crippen LogP contribution in [0.1, 0.15) is 20.3 Å². The number of amides is 1. The molecule has 4 nitrogen and oxygen atoms in total. The van der Waals surface area contributed by atoms with Crippen molar-refractivity contribution in [1.82, 2.24) is 0 Å². The molecule has 0 aromatic carbocycles. The van der Waals surface area contributed by atoms with Gasteiger partial charge in [-0.3, -0.25) is 4.79 Å². The van der Waals surface area contributed by atoms with Crippen LogP contribution in [0, 0.1) is 5.41 Å². The third-order valence-electron chi connectivity index (χ3n) is 1.87. The van der Waals surface area contributed by atoms with E-state index in [4.69, 9.17) is 10.8 Å². The zero-order valence-electron chi connectivity index (χ0n) is 6.87. The van der Waals surface area contributed by atoms with Gasteiger partial charge in [-0.25, -0.2) is 0 Å². The smallest absolute Gasteiger partial charge is 0.225 e. The van der Waals surface area contributed by atoms with Crippen molar-refractivity contribution in [1.29, 1.82) is 0 Å². The fraction of sp³-hybridized carbons (Fsp3) is 0.857. The van der Waals surface area contributed by atoms with E-state index in [0.29, 0.717) is 0 Å². The van der Waals surface area contributed by atoms with E-state index in [1.807, 2.05) is 0 Å². The minimum Gasteiger partial charge on any atom is -0.396 e. The summed E-state index contributed by atoms with van der Waals surface area (Å²) in [5.41, 5.74) is 4.07. The maximum Gasteiger partial charge on any atom is 0.225 e. The molecular weight excluding hydrogens is 146 g/mol.